The van der Waals surface area contributed by atoms with Gasteiger partial charge >= 0.3 is 0 Å². The molecule has 0 unspecified atom stereocenters. The molecule has 4 aromatic carbocycles. The smallest absolute Gasteiger partial charge is 0.00256 e. The van der Waals surface area contributed by atoms with Gasteiger partial charge < -0.3 is 0 Å². The Bertz CT molecular complexity index is 1060. The lowest BCUT2D eigenvalue weighted by Gasteiger charge is -2.09. The monoisotopic (exact) mass is 376 g/mol. The van der Waals surface area contributed by atoms with Crippen molar-refractivity contribution >= 4 is 0 Å². The molecule has 0 N–H and O–H groups in total. The second-order valence-corrected chi connectivity index (χ2v) is 7.97. The Labute approximate surface area is 174 Å². The Morgan fingerprint density at radius 3 is 1.48 bits per heavy atom. The Balaban J connectivity index is 1.42. The van der Waals surface area contributed by atoms with Crippen molar-refractivity contribution in [1.29, 1.82) is 0 Å². The van der Waals surface area contributed by atoms with Crippen molar-refractivity contribution in [1.82, 2.24) is 0 Å². The number of benzene rings is 4. The predicted molar refractivity (Wildman–Crippen MR) is 124 cm³/mol. The standard InChI is InChI=1S/C29H28/c1-23-8-5-12-26(18-23)20-28-14-7-15-29(22-28)21-27-13-6-11-25(19-27)17-16-24-9-3-2-4-10-24/h2-15,18-19,22H,16-17,20-21H2,1H3. The number of rotatable bonds is 7. The van der Waals surface area contributed by atoms with Crippen molar-refractivity contribution < 1.29 is 0 Å². The van der Waals surface area contributed by atoms with Crippen LogP contribution in [0.4, 0.5) is 0 Å². The Hall–Kier alpha value is -3.12. The van der Waals surface area contributed by atoms with E-state index in [9.17, 15) is 0 Å². The molecule has 29 heavy (non-hydrogen) atoms. The van der Waals surface area contributed by atoms with Gasteiger partial charge in [0.2, 0.25) is 0 Å². The van der Waals surface area contributed by atoms with Gasteiger partial charge in [0.05, 0.1) is 0 Å². The largest absolute Gasteiger partial charge is 0.0622 e. The summed E-state index contributed by atoms with van der Waals surface area (Å²) in [6.45, 7) is 2.16. The fourth-order valence-electron chi connectivity index (χ4n) is 3.97. The molecule has 0 atom stereocenters. The minimum Gasteiger partial charge on any atom is -0.0622 e. The summed E-state index contributed by atoms with van der Waals surface area (Å²) in [5.41, 5.74) is 9.69. The lowest BCUT2D eigenvalue weighted by atomic mass is 9.97. The van der Waals surface area contributed by atoms with Gasteiger partial charge in [0, 0.05) is 0 Å². The lowest BCUT2D eigenvalue weighted by molar-refractivity contribution is 0.955. The average Bonchev–Trinajstić information content (AvgIpc) is 2.74. The van der Waals surface area contributed by atoms with Crippen LogP contribution >= 0.6 is 0 Å². The molecule has 4 aromatic rings. The van der Waals surface area contributed by atoms with Crippen molar-refractivity contribution in [3.05, 3.63) is 142 Å². The summed E-state index contributed by atoms with van der Waals surface area (Å²) in [5, 5.41) is 0. The normalized spacial score (nSPS) is 10.8. The molecule has 0 spiro atoms. The predicted octanol–water partition coefficient (Wildman–Crippen LogP) is 6.96. The van der Waals surface area contributed by atoms with Crippen LogP contribution in [0, 0.1) is 6.92 Å². The maximum Gasteiger partial charge on any atom is -0.00256 e. The van der Waals surface area contributed by atoms with Gasteiger partial charge in [-0.15, -0.1) is 0 Å². The Kier molecular flexibility index (Phi) is 6.22. The molecule has 0 saturated carbocycles. The molecule has 0 aliphatic carbocycles. The van der Waals surface area contributed by atoms with E-state index in [1.807, 2.05) is 0 Å². The van der Waals surface area contributed by atoms with Crippen molar-refractivity contribution in [2.45, 2.75) is 32.6 Å². The van der Waals surface area contributed by atoms with E-state index in [0.717, 1.165) is 25.7 Å². The van der Waals surface area contributed by atoms with Crippen molar-refractivity contribution in [3.63, 3.8) is 0 Å². The van der Waals surface area contributed by atoms with Gasteiger partial charge in [-0.1, -0.05) is 109 Å². The molecule has 0 aliphatic rings. The molecule has 0 aromatic heterocycles. The van der Waals surface area contributed by atoms with E-state index in [2.05, 4.69) is 110 Å². The summed E-state index contributed by atoms with van der Waals surface area (Å²) in [6, 6.07) is 37.7. The Morgan fingerprint density at radius 2 is 0.862 bits per heavy atom. The highest BCUT2D eigenvalue weighted by Crippen LogP contribution is 2.17. The van der Waals surface area contributed by atoms with Gasteiger partial charge in [0.1, 0.15) is 0 Å². The van der Waals surface area contributed by atoms with Crippen LogP contribution in [-0.2, 0) is 25.7 Å². The summed E-state index contributed by atoms with van der Waals surface area (Å²) in [6.07, 6.45) is 4.16. The maximum atomic E-state index is 2.37. The highest BCUT2D eigenvalue weighted by atomic mass is 14.1. The third kappa shape index (κ3) is 5.68. The van der Waals surface area contributed by atoms with Crippen molar-refractivity contribution in [3.8, 4) is 0 Å². The third-order valence-electron chi connectivity index (χ3n) is 5.43. The van der Waals surface area contributed by atoms with Crippen LogP contribution in [0.2, 0.25) is 0 Å². The minimum absolute atomic E-state index is 0.987. The van der Waals surface area contributed by atoms with Gasteiger partial charge in [-0.05, 0) is 66.0 Å². The molecule has 0 nitrogen and oxygen atoms in total. The molecule has 0 fully saturated rings. The first-order chi connectivity index (χ1) is 14.2. The van der Waals surface area contributed by atoms with Gasteiger partial charge in [-0.3, -0.25) is 0 Å². The molecular formula is C29H28. The van der Waals surface area contributed by atoms with Crippen molar-refractivity contribution in [2.75, 3.05) is 0 Å². The molecule has 0 heteroatoms. The van der Waals surface area contributed by atoms with E-state index in [4.69, 9.17) is 0 Å². The molecule has 144 valence electrons. The zero-order chi connectivity index (χ0) is 19.9. The van der Waals surface area contributed by atoms with E-state index in [1.165, 1.54) is 38.9 Å². The highest BCUT2D eigenvalue weighted by Gasteiger charge is 2.03. The van der Waals surface area contributed by atoms with Crippen LogP contribution in [0.25, 0.3) is 0 Å². The second-order valence-electron chi connectivity index (χ2n) is 7.97. The second kappa shape index (κ2) is 9.39. The van der Waals surface area contributed by atoms with E-state index in [1.54, 1.807) is 0 Å². The molecule has 0 saturated heterocycles. The summed E-state index contributed by atoms with van der Waals surface area (Å²) < 4.78 is 0. The number of hydrogen-bond acceptors (Lipinski definition) is 0. The average molecular weight is 377 g/mol. The molecular weight excluding hydrogens is 348 g/mol. The zero-order valence-electron chi connectivity index (χ0n) is 17.1. The van der Waals surface area contributed by atoms with Gasteiger partial charge in [0.25, 0.3) is 0 Å². The van der Waals surface area contributed by atoms with E-state index in [-0.39, 0.29) is 0 Å². The first-order valence-corrected chi connectivity index (χ1v) is 10.5. The van der Waals surface area contributed by atoms with Crippen LogP contribution in [-0.4, -0.2) is 0 Å². The number of hydrogen-bond donors (Lipinski definition) is 0. The zero-order valence-corrected chi connectivity index (χ0v) is 17.1. The molecule has 0 amide bonds. The molecule has 0 aliphatic heterocycles. The maximum absolute atomic E-state index is 2.37. The summed E-state index contributed by atoms with van der Waals surface area (Å²) >= 11 is 0. The molecule has 0 radical (unpaired) electrons. The van der Waals surface area contributed by atoms with Crippen molar-refractivity contribution in [2.24, 2.45) is 0 Å². The first-order valence-electron chi connectivity index (χ1n) is 10.5. The topological polar surface area (TPSA) is 0 Å². The van der Waals surface area contributed by atoms with Crippen LogP contribution in [0.3, 0.4) is 0 Å². The van der Waals surface area contributed by atoms with Crippen LogP contribution in [0.5, 0.6) is 0 Å². The fraction of sp³-hybridized carbons (Fsp3) is 0.172. The van der Waals surface area contributed by atoms with Gasteiger partial charge in [-0.25, -0.2) is 0 Å². The highest BCUT2D eigenvalue weighted by molar-refractivity contribution is 5.35. The van der Waals surface area contributed by atoms with E-state index >= 15 is 0 Å². The summed E-state index contributed by atoms with van der Waals surface area (Å²) in [7, 11) is 0. The van der Waals surface area contributed by atoms with Gasteiger partial charge in [-0.2, -0.15) is 0 Å². The quantitative estimate of drug-likeness (QED) is 0.327. The third-order valence-corrected chi connectivity index (χ3v) is 5.43. The molecule has 4 rings (SSSR count). The lowest BCUT2D eigenvalue weighted by Crippen LogP contribution is -1.95. The number of aryl methyl sites for hydroxylation is 3. The van der Waals surface area contributed by atoms with Crippen LogP contribution < -0.4 is 0 Å². The summed E-state index contributed by atoms with van der Waals surface area (Å²) in [5.74, 6) is 0. The fourth-order valence-corrected chi connectivity index (χ4v) is 3.97. The molecule has 0 heterocycles. The van der Waals surface area contributed by atoms with Crippen LogP contribution in [0.1, 0.15) is 38.9 Å². The van der Waals surface area contributed by atoms with E-state index < -0.39 is 0 Å². The molecule has 0 bridgehead atoms. The van der Waals surface area contributed by atoms with Gasteiger partial charge in [0.15, 0.2) is 0 Å². The summed E-state index contributed by atoms with van der Waals surface area (Å²) in [4.78, 5) is 0. The SMILES string of the molecule is Cc1cccc(Cc2cccc(Cc3cccc(CCc4ccccc4)c3)c2)c1. The first kappa shape index (κ1) is 19.2. The van der Waals surface area contributed by atoms with E-state index in [0.29, 0.717) is 0 Å². The Morgan fingerprint density at radius 1 is 0.414 bits per heavy atom. The van der Waals surface area contributed by atoms with Crippen LogP contribution in [0.15, 0.2) is 103 Å². The minimum atomic E-state index is 0.987.